The third-order valence-corrected chi connectivity index (χ3v) is 14.8. The average molecular weight is 957 g/mol. The Hall–Kier alpha value is -9.96. The molecule has 0 saturated carbocycles. The molecule has 14 aromatic rings. The maximum absolute atomic E-state index is 6.17. The smallest absolute Gasteiger partial charge is 0.135 e. The number of nitrogens with zero attached hydrogens (tertiary/aromatic N) is 2. The van der Waals surface area contributed by atoms with E-state index in [9.17, 15) is 0 Å². The van der Waals surface area contributed by atoms with Crippen LogP contribution in [0.1, 0.15) is 0 Å². The standard InChI is InChI=1S/C72H48N2O/c1-3-13-49(14-4-1)58-45-59(50-15-5-2-6-16-50)47-60(46-58)56-25-23-51(24-26-56)52-27-36-61(37-28-52)73(63-40-33-55(34-41-63)57-35-44-72-68(48-57)67-19-9-12-22-71(67)75-72)62-38-29-53(30-39-62)54-31-42-64(43-32-54)74-69-20-10-7-17-65(69)66-18-8-11-21-70(66)74/h1-48H. The SMILES string of the molecule is c1ccc(-c2cc(-c3ccccc3)cc(-c3ccc(-c4ccc(N(c5ccc(-c6ccc(-n7c8ccccc8c8ccccc87)cc6)cc5)c5ccc(-c6ccc7oc8ccccc8c7c6)cc5)cc4)cc3)c2)cc1. The van der Waals surface area contributed by atoms with Crippen LogP contribution in [0.4, 0.5) is 17.1 Å². The Morgan fingerprint density at radius 2 is 0.560 bits per heavy atom. The molecule has 0 fully saturated rings. The van der Waals surface area contributed by atoms with Crippen LogP contribution in [0.2, 0.25) is 0 Å². The number of aromatic nitrogens is 1. The summed E-state index contributed by atoms with van der Waals surface area (Å²) in [4.78, 5) is 2.35. The number of rotatable bonds is 10. The van der Waals surface area contributed by atoms with Crippen molar-refractivity contribution >= 4 is 60.8 Å². The van der Waals surface area contributed by atoms with Crippen molar-refractivity contribution in [3.05, 3.63) is 291 Å². The lowest BCUT2D eigenvalue weighted by molar-refractivity contribution is 0.669. The fraction of sp³-hybridized carbons (Fsp3) is 0. The quantitative estimate of drug-likeness (QED) is 0.136. The van der Waals surface area contributed by atoms with E-state index in [0.717, 1.165) is 66.9 Å². The van der Waals surface area contributed by atoms with E-state index in [4.69, 9.17) is 4.42 Å². The zero-order chi connectivity index (χ0) is 49.7. The lowest BCUT2D eigenvalue weighted by Gasteiger charge is -2.26. The summed E-state index contributed by atoms with van der Waals surface area (Å²) in [5, 5.41) is 4.78. The number of furan rings is 1. The summed E-state index contributed by atoms with van der Waals surface area (Å²) >= 11 is 0. The van der Waals surface area contributed by atoms with Crippen molar-refractivity contribution < 1.29 is 4.42 Å². The van der Waals surface area contributed by atoms with Gasteiger partial charge >= 0.3 is 0 Å². The Morgan fingerprint density at radius 1 is 0.227 bits per heavy atom. The Morgan fingerprint density at radius 3 is 1.04 bits per heavy atom. The predicted molar refractivity (Wildman–Crippen MR) is 315 cm³/mol. The molecule has 2 aromatic heterocycles. The topological polar surface area (TPSA) is 21.3 Å². The van der Waals surface area contributed by atoms with Crippen molar-refractivity contribution in [2.45, 2.75) is 0 Å². The molecule has 352 valence electrons. The molecular formula is C72H48N2O. The summed E-state index contributed by atoms with van der Waals surface area (Å²) < 4.78 is 8.53. The number of para-hydroxylation sites is 3. The zero-order valence-corrected chi connectivity index (χ0v) is 41.0. The summed E-state index contributed by atoms with van der Waals surface area (Å²) in [6.45, 7) is 0. The van der Waals surface area contributed by atoms with Crippen molar-refractivity contribution in [2.24, 2.45) is 0 Å². The number of benzene rings is 12. The molecule has 0 amide bonds. The molecule has 0 saturated heterocycles. The molecule has 3 heteroatoms. The highest BCUT2D eigenvalue weighted by atomic mass is 16.3. The minimum absolute atomic E-state index is 0.899. The fourth-order valence-electron chi connectivity index (χ4n) is 11.0. The molecule has 0 spiro atoms. The fourth-order valence-corrected chi connectivity index (χ4v) is 11.0. The second-order valence-electron chi connectivity index (χ2n) is 19.3. The normalized spacial score (nSPS) is 11.5. The molecule has 0 radical (unpaired) electrons. The molecule has 0 unspecified atom stereocenters. The molecule has 2 heterocycles. The summed E-state index contributed by atoms with van der Waals surface area (Å²) in [7, 11) is 0. The third kappa shape index (κ3) is 8.14. The molecule has 75 heavy (non-hydrogen) atoms. The van der Waals surface area contributed by atoms with E-state index < -0.39 is 0 Å². The van der Waals surface area contributed by atoms with Gasteiger partial charge in [0.2, 0.25) is 0 Å². The minimum atomic E-state index is 0.899. The highest BCUT2D eigenvalue weighted by Gasteiger charge is 2.17. The van der Waals surface area contributed by atoms with Crippen LogP contribution in [-0.2, 0) is 0 Å². The van der Waals surface area contributed by atoms with Gasteiger partial charge in [0.05, 0.1) is 11.0 Å². The van der Waals surface area contributed by atoms with E-state index in [2.05, 4.69) is 289 Å². The van der Waals surface area contributed by atoms with Crippen LogP contribution in [-0.4, -0.2) is 4.57 Å². The van der Waals surface area contributed by atoms with Crippen LogP contribution in [0.25, 0.3) is 116 Å². The molecule has 14 rings (SSSR count). The largest absolute Gasteiger partial charge is 0.456 e. The second kappa shape index (κ2) is 18.6. The van der Waals surface area contributed by atoms with Gasteiger partial charge in [0.25, 0.3) is 0 Å². The summed E-state index contributed by atoms with van der Waals surface area (Å²) in [6.07, 6.45) is 0. The summed E-state index contributed by atoms with van der Waals surface area (Å²) in [6, 6.07) is 105. The highest BCUT2D eigenvalue weighted by Crippen LogP contribution is 2.41. The van der Waals surface area contributed by atoms with Crippen molar-refractivity contribution in [2.75, 3.05) is 4.90 Å². The molecule has 12 aromatic carbocycles. The van der Waals surface area contributed by atoms with Gasteiger partial charge in [-0.1, -0.05) is 194 Å². The molecule has 0 bridgehead atoms. The van der Waals surface area contributed by atoms with Crippen LogP contribution in [0.15, 0.2) is 296 Å². The van der Waals surface area contributed by atoms with Gasteiger partial charge in [0.1, 0.15) is 11.2 Å². The molecule has 0 aliphatic rings. The summed E-state index contributed by atoms with van der Waals surface area (Å²) in [5.41, 5.74) is 22.7. The van der Waals surface area contributed by atoms with E-state index in [-0.39, 0.29) is 0 Å². The Balaban J connectivity index is 0.786. The highest BCUT2D eigenvalue weighted by molar-refractivity contribution is 6.09. The van der Waals surface area contributed by atoms with Crippen molar-refractivity contribution in [3.8, 4) is 72.4 Å². The maximum Gasteiger partial charge on any atom is 0.135 e. The van der Waals surface area contributed by atoms with Crippen molar-refractivity contribution in [3.63, 3.8) is 0 Å². The molecule has 0 aliphatic heterocycles. The van der Waals surface area contributed by atoms with E-state index in [1.165, 1.54) is 66.3 Å². The second-order valence-corrected chi connectivity index (χ2v) is 19.3. The zero-order valence-electron chi connectivity index (χ0n) is 41.0. The van der Waals surface area contributed by atoms with Gasteiger partial charge in [-0.05, 0) is 164 Å². The van der Waals surface area contributed by atoms with Gasteiger partial charge in [-0.3, -0.25) is 0 Å². The van der Waals surface area contributed by atoms with Crippen LogP contribution >= 0.6 is 0 Å². The number of hydrogen-bond acceptors (Lipinski definition) is 2. The van der Waals surface area contributed by atoms with Gasteiger partial charge < -0.3 is 13.9 Å². The van der Waals surface area contributed by atoms with Crippen molar-refractivity contribution in [1.82, 2.24) is 4.57 Å². The molecule has 3 nitrogen and oxygen atoms in total. The van der Waals surface area contributed by atoms with Gasteiger partial charge in [-0.2, -0.15) is 0 Å². The monoisotopic (exact) mass is 956 g/mol. The van der Waals surface area contributed by atoms with Crippen LogP contribution in [0.3, 0.4) is 0 Å². The average Bonchev–Trinajstić information content (AvgIpc) is 4.05. The van der Waals surface area contributed by atoms with E-state index >= 15 is 0 Å². The predicted octanol–water partition coefficient (Wildman–Crippen LogP) is 20.2. The maximum atomic E-state index is 6.17. The number of anilines is 3. The first-order valence-corrected chi connectivity index (χ1v) is 25.6. The Labute approximate surface area is 436 Å². The first-order valence-electron chi connectivity index (χ1n) is 25.6. The van der Waals surface area contributed by atoms with E-state index in [0.29, 0.717) is 0 Å². The lowest BCUT2D eigenvalue weighted by Crippen LogP contribution is -2.09. The van der Waals surface area contributed by atoms with E-state index in [1.54, 1.807) is 0 Å². The van der Waals surface area contributed by atoms with E-state index in [1.807, 2.05) is 12.1 Å². The Kier molecular flexibility index (Phi) is 10.8. The third-order valence-electron chi connectivity index (χ3n) is 14.8. The van der Waals surface area contributed by atoms with Crippen LogP contribution in [0, 0.1) is 0 Å². The van der Waals surface area contributed by atoms with Gasteiger partial charge in [-0.15, -0.1) is 0 Å². The van der Waals surface area contributed by atoms with Crippen LogP contribution in [0.5, 0.6) is 0 Å². The Bertz CT molecular complexity index is 4230. The van der Waals surface area contributed by atoms with Crippen molar-refractivity contribution in [1.29, 1.82) is 0 Å². The molecule has 0 atom stereocenters. The summed E-state index contributed by atoms with van der Waals surface area (Å²) in [5.74, 6) is 0. The minimum Gasteiger partial charge on any atom is -0.456 e. The van der Waals surface area contributed by atoms with Gasteiger partial charge in [0.15, 0.2) is 0 Å². The lowest BCUT2D eigenvalue weighted by atomic mass is 9.92. The van der Waals surface area contributed by atoms with Gasteiger partial charge in [0, 0.05) is 44.3 Å². The van der Waals surface area contributed by atoms with Gasteiger partial charge in [-0.25, -0.2) is 0 Å². The van der Waals surface area contributed by atoms with Crippen LogP contribution < -0.4 is 4.90 Å². The first-order chi connectivity index (χ1) is 37.1. The number of fused-ring (bicyclic) bond motifs is 6. The number of hydrogen-bond donors (Lipinski definition) is 0. The molecular weight excluding hydrogens is 909 g/mol. The molecule has 0 aliphatic carbocycles. The molecule has 0 N–H and O–H groups in total. The first kappa shape index (κ1) is 43.8.